The molecule has 0 bridgehead atoms. The van der Waals surface area contributed by atoms with Gasteiger partial charge in [0.15, 0.2) is 11.6 Å². The fraction of sp³-hybridized carbons (Fsp3) is 0.562. The van der Waals surface area contributed by atoms with Crippen LogP contribution in [0.15, 0.2) is 12.3 Å². The van der Waals surface area contributed by atoms with Gasteiger partial charge in [-0.2, -0.15) is 0 Å². The van der Waals surface area contributed by atoms with E-state index < -0.39 is 42.6 Å². The van der Waals surface area contributed by atoms with Crippen LogP contribution in [0.4, 0.5) is 14.6 Å². The molecule has 1 aliphatic rings. The molecule has 1 aliphatic heterocycles. The smallest absolute Gasteiger partial charge is 0.426 e. The van der Waals surface area contributed by atoms with Crippen LogP contribution in [-0.4, -0.2) is 59.0 Å². The number of carbonyl (C=O) groups is 2. The number of rotatable bonds is 8. The maximum atomic E-state index is 13.8. The first kappa shape index (κ1) is 21.0. The molecule has 0 spiro atoms. The van der Waals surface area contributed by atoms with Gasteiger partial charge in [-0.25, -0.2) is 13.8 Å². The third kappa shape index (κ3) is 5.60. The second-order valence-electron chi connectivity index (χ2n) is 6.89. The lowest BCUT2D eigenvalue weighted by molar-refractivity contribution is -0.127. The molecule has 2 amide bonds. The Bertz CT molecular complexity index is 692. The summed E-state index contributed by atoms with van der Waals surface area (Å²) in [6.45, 7) is 3.77. The number of hydrogen-bond donors (Lipinski definition) is 4. The minimum absolute atomic E-state index is 0.118. The highest BCUT2D eigenvalue weighted by molar-refractivity contribution is 6.43. The van der Waals surface area contributed by atoms with E-state index in [1.54, 1.807) is 0 Å². The van der Waals surface area contributed by atoms with Gasteiger partial charge in [0.25, 0.3) is 0 Å². The Hall–Kier alpha value is -2.27. The summed E-state index contributed by atoms with van der Waals surface area (Å²) >= 11 is 0. The number of aromatic nitrogens is 1. The van der Waals surface area contributed by atoms with Gasteiger partial charge < -0.3 is 25.6 Å². The Labute approximate surface area is 156 Å². The molecule has 1 fully saturated rings. The quantitative estimate of drug-likeness (QED) is 0.454. The Kier molecular flexibility index (Phi) is 7.08. The molecule has 8 nitrogen and oxygen atoms in total. The van der Waals surface area contributed by atoms with Gasteiger partial charge in [-0.3, -0.25) is 9.59 Å². The van der Waals surface area contributed by atoms with E-state index in [1.807, 2.05) is 13.8 Å². The molecule has 11 heteroatoms. The molecular formula is C16H23BF2N4O4. The summed E-state index contributed by atoms with van der Waals surface area (Å²) in [6, 6.07) is -0.0156. The van der Waals surface area contributed by atoms with Gasteiger partial charge in [-0.1, -0.05) is 13.8 Å². The largest absolute Gasteiger partial charge is 0.475 e. The van der Waals surface area contributed by atoms with Gasteiger partial charge >= 0.3 is 7.12 Å². The Morgan fingerprint density at radius 1 is 1.41 bits per heavy atom. The molecule has 0 radical (unpaired) electrons. The average molecular weight is 384 g/mol. The number of hydrogen-bond acceptors (Lipinski definition) is 6. The molecule has 0 saturated carbocycles. The number of nitrogens with zero attached hydrogens (tertiary/aromatic N) is 2. The van der Waals surface area contributed by atoms with Crippen molar-refractivity contribution in [2.24, 2.45) is 5.92 Å². The van der Waals surface area contributed by atoms with Gasteiger partial charge in [0.05, 0.1) is 18.7 Å². The van der Waals surface area contributed by atoms with Crippen LogP contribution in [0.2, 0.25) is 0 Å². The van der Waals surface area contributed by atoms with Crippen LogP contribution < -0.4 is 15.5 Å². The molecule has 1 aromatic rings. The first-order chi connectivity index (χ1) is 12.7. The van der Waals surface area contributed by atoms with Crippen molar-refractivity contribution in [1.29, 1.82) is 0 Å². The molecule has 4 N–H and O–H groups in total. The monoisotopic (exact) mass is 384 g/mol. The van der Waals surface area contributed by atoms with E-state index in [0.717, 1.165) is 6.20 Å². The number of nitrogens with one attached hydrogen (secondary N) is 2. The van der Waals surface area contributed by atoms with Crippen molar-refractivity contribution in [3.63, 3.8) is 0 Å². The first-order valence-corrected chi connectivity index (χ1v) is 8.70. The van der Waals surface area contributed by atoms with Gasteiger partial charge in [0.2, 0.25) is 11.8 Å². The molecule has 27 heavy (non-hydrogen) atoms. The lowest BCUT2D eigenvalue weighted by atomic mass is 9.75. The molecule has 1 aromatic heterocycles. The van der Waals surface area contributed by atoms with E-state index in [-0.39, 0.29) is 18.3 Å². The zero-order chi connectivity index (χ0) is 20.1. The third-order valence-electron chi connectivity index (χ3n) is 4.24. The van der Waals surface area contributed by atoms with Crippen LogP contribution in [0, 0.1) is 17.6 Å². The maximum Gasteiger partial charge on any atom is 0.475 e. The highest BCUT2D eigenvalue weighted by Gasteiger charge is 2.37. The van der Waals surface area contributed by atoms with Crippen LogP contribution in [0.1, 0.15) is 26.7 Å². The van der Waals surface area contributed by atoms with Crippen molar-refractivity contribution >= 4 is 24.8 Å². The van der Waals surface area contributed by atoms with Gasteiger partial charge in [-0.05, 0) is 18.8 Å². The van der Waals surface area contributed by atoms with Crippen LogP contribution in [0.5, 0.6) is 0 Å². The Morgan fingerprint density at radius 3 is 2.63 bits per heavy atom. The summed E-state index contributed by atoms with van der Waals surface area (Å²) in [5, 5.41) is 23.5. The first-order valence-electron chi connectivity index (χ1n) is 8.70. The van der Waals surface area contributed by atoms with Crippen LogP contribution in [0.25, 0.3) is 0 Å². The number of halogens is 2. The standard InChI is InChI=1S/C16H23BF2N4O4/c1-9(2)5-13(17(26)27)22-14(24)8-21-16(25)12-3-4-23(12)15-11(19)6-10(18)7-20-15/h6-7,9,12-13,26-27H,3-5,8H2,1-2H3,(H,21,25)(H,22,24). The lowest BCUT2D eigenvalue weighted by Crippen LogP contribution is -2.58. The second-order valence-corrected chi connectivity index (χ2v) is 6.89. The summed E-state index contributed by atoms with van der Waals surface area (Å²) in [5.74, 6) is -3.56. The number of pyridine rings is 1. The minimum Gasteiger partial charge on any atom is -0.426 e. The molecule has 1 saturated heterocycles. The predicted octanol–water partition coefficient (Wildman–Crippen LogP) is -0.402. The van der Waals surface area contributed by atoms with Crippen LogP contribution in [-0.2, 0) is 9.59 Å². The minimum atomic E-state index is -1.71. The molecular weight excluding hydrogens is 361 g/mol. The van der Waals surface area contributed by atoms with E-state index in [4.69, 9.17) is 0 Å². The van der Waals surface area contributed by atoms with Crippen molar-refractivity contribution in [2.75, 3.05) is 18.0 Å². The predicted molar refractivity (Wildman–Crippen MR) is 94.5 cm³/mol. The van der Waals surface area contributed by atoms with E-state index in [1.165, 1.54) is 4.90 Å². The van der Waals surface area contributed by atoms with E-state index in [0.29, 0.717) is 25.5 Å². The molecule has 2 heterocycles. The zero-order valence-electron chi connectivity index (χ0n) is 15.2. The summed E-state index contributed by atoms with van der Waals surface area (Å²) in [7, 11) is -1.71. The second kappa shape index (κ2) is 9.09. The van der Waals surface area contributed by atoms with Crippen LogP contribution in [0.3, 0.4) is 0 Å². The van der Waals surface area contributed by atoms with E-state index in [9.17, 15) is 28.4 Å². The van der Waals surface area contributed by atoms with Gasteiger partial charge in [-0.15, -0.1) is 0 Å². The Morgan fingerprint density at radius 2 is 2.11 bits per heavy atom. The molecule has 0 aliphatic carbocycles. The Balaban J connectivity index is 1.87. The summed E-state index contributed by atoms with van der Waals surface area (Å²) < 4.78 is 26.8. The molecule has 0 aromatic carbocycles. The number of anilines is 1. The van der Waals surface area contributed by atoms with Gasteiger partial charge in [0, 0.05) is 12.6 Å². The topological polar surface area (TPSA) is 115 Å². The normalized spacial score (nSPS) is 17.3. The molecule has 2 atom stereocenters. The molecule has 2 unspecified atom stereocenters. The van der Waals surface area contributed by atoms with Crippen molar-refractivity contribution < 1.29 is 28.4 Å². The van der Waals surface area contributed by atoms with E-state index in [2.05, 4.69) is 15.6 Å². The van der Waals surface area contributed by atoms with Crippen LogP contribution >= 0.6 is 0 Å². The molecule has 148 valence electrons. The highest BCUT2D eigenvalue weighted by atomic mass is 19.1. The number of amides is 2. The van der Waals surface area contributed by atoms with Crippen molar-refractivity contribution in [3.8, 4) is 0 Å². The summed E-state index contributed by atoms with van der Waals surface area (Å²) in [6.07, 6.45) is 1.68. The maximum absolute atomic E-state index is 13.8. The zero-order valence-corrected chi connectivity index (χ0v) is 15.2. The fourth-order valence-corrected chi connectivity index (χ4v) is 2.84. The van der Waals surface area contributed by atoms with Gasteiger partial charge in [0.1, 0.15) is 11.9 Å². The van der Waals surface area contributed by atoms with Crippen molar-refractivity contribution in [3.05, 3.63) is 23.9 Å². The molecule has 2 rings (SSSR count). The fourth-order valence-electron chi connectivity index (χ4n) is 2.84. The highest BCUT2D eigenvalue weighted by Crippen LogP contribution is 2.27. The third-order valence-corrected chi connectivity index (χ3v) is 4.24. The number of carbonyl (C=O) groups excluding carboxylic acids is 2. The summed E-state index contributed by atoms with van der Waals surface area (Å²) in [4.78, 5) is 29.2. The van der Waals surface area contributed by atoms with E-state index >= 15 is 0 Å². The van der Waals surface area contributed by atoms with Crippen molar-refractivity contribution in [1.82, 2.24) is 15.6 Å². The average Bonchev–Trinajstić information content (AvgIpc) is 2.53. The van der Waals surface area contributed by atoms with Crippen molar-refractivity contribution in [2.45, 2.75) is 38.7 Å². The SMILES string of the molecule is CC(C)CC(NC(=O)CNC(=O)C1CCN1c1ncc(F)cc1F)B(O)O. The summed E-state index contributed by atoms with van der Waals surface area (Å²) in [5.41, 5.74) is 0. The lowest BCUT2D eigenvalue weighted by Gasteiger charge is -2.40.